The first-order valence-electron chi connectivity index (χ1n) is 7.53. The Morgan fingerprint density at radius 1 is 1.12 bits per heavy atom. The fraction of sp³-hybridized carbons (Fsp3) is 0.471. The monoisotopic (exact) mass is 337 g/mol. The third-order valence-electron chi connectivity index (χ3n) is 3.66. The van der Waals surface area contributed by atoms with Crippen LogP contribution in [0.25, 0.3) is 0 Å². The van der Waals surface area contributed by atoms with Gasteiger partial charge < -0.3 is 20.3 Å². The van der Waals surface area contributed by atoms with E-state index in [0.29, 0.717) is 0 Å². The van der Waals surface area contributed by atoms with Gasteiger partial charge >= 0.3 is 18.0 Å². The van der Waals surface area contributed by atoms with Gasteiger partial charge in [0.25, 0.3) is 0 Å². The lowest BCUT2D eigenvalue weighted by Gasteiger charge is -2.34. The summed E-state index contributed by atoms with van der Waals surface area (Å²) >= 11 is 0. The minimum atomic E-state index is -1.36. The third kappa shape index (κ3) is 6.28. The summed E-state index contributed by atoms with van der Waals surface area (Å²) in [7, 11) is 0. The van der Waals surface area contributed by atoms with Crippen molar-refractivity contribution in [3.05, 3.63) is 35.9 Å². The molecule has 0 fully saturated rings. The molecule has 1 rings (SSSR count). The summed E-state index contributed by atoms with van der Waals surface area (Å²) in [5.74, 6) is -3.22. The number of nitrogens with one attached hydrogen (secondary N) is 1. The SMILES string of the molecule is CC(C)(C)C(CC(=O)O)[C@H](NC(=O)OCc1ccccc1)C(=O)O. The highest BCUT2D eigenvalue weighted by atomic mass is 16.5. The molecule has 0 radical (unpaired) electrons. The first-order valence-corrected chi connectivity index (χ1v) is 7.53. The van der Waals surface area contributed by atoms with Crippen molar-refractivity contribution in [3.8, 4) is 0 Å². The molecule has 1 aromatic rings. The highest BCUT2D eigenvalue weighted by molar-refractivity contribution is 5.81. The Morgan fingerprint density at radius 2 is 1.71 bits per heavy atom. The van der Waals surface area contributed by atoms with Crippen molar-refractivity contribution in [2.45, 2.75) is 39.8 Å². The van der Waals surface area contributed by atoms with Crippen LogP contribution in [0.1, 0.15) is 32.8 Å². The summed E-state index contributed by atoms with van der Waals surface area (Å²) in [5.41, 5.74) is 0.131. The number of aliphatic carboxylic acids is 2. The molecule has 0 aliphatic heterocycles. The van der Waals surface area contributed by atoms with Gasteiger partial charge in [-0.3, -0.25) is 4.79 Å². The van der Waals surface area contributed by atoms with Gasteiger partial charge in [-0.25, -0.2) is 9.59 Å². The summed E-state index contributed by atoms with van der Waals surface area (Å²) in [4.78, 5) is 34.5. The van der Waals surface area contributed by atoms with Crippen LogP contribution in [-0.2, 0) is 20.9 Å². The Balaban J connectivity index is 2.77. The summed E-state index contributed by atoms with van der Waals surface area (Å²) < 4.78 is 5.02. The van der Waals surface area contributed by atoms with Crippen molar-refractivity contribution < 1.29 is 29.3 Å². The molecule has 7 nitrogen and oxygen atoms in total. The third-order valence-corrected chi connectivity index (χ3v) is 3.66. The second kappa shape index (κ2) is 8.33. The summed E-state index contributed by atoms with van der Waals surface area (Å²) in [5, 5.41) is 20.7. The largest absolute Gasteiger partial charge is 0.481 e. The lowest BCUT2D eigenvalue weighted by atomic mass is 9.74. The number of benzene rings is 1. The highest BCUT2D eigenvalue weighted by Crippen LogP contribution is 2.32. The van der Waals surface area contributed by atoms with E-state index >= 15 is 0 Å². The first-order chi connectivity index (χ1) is 11.1. The molecule has 2 atom stereocenters. The maximum Gasteiger partial charge on any atom is 0.408 e. The lowest BCUT2D eigenvalue weighted by molar-refractivity contribution is -0.145. The Bertz CT molecular complexity index is 578. The smallest absolute Gasteiger partial charge is 0.408 e. The van der Waals surface area contributed by atoms with Crippen molar-refractivity contribution in [3.63, 3.8) is 0 Å². The van der Waals surface area contributed by atoms with E-state index in [1.807, 2.05) is 6.07 Å². The standard InChI is InChI=1S/C17H23NO6/c1-17(2,3)12(9-13(19)20)14(15(21)22)18-16(23)24-10-11-7-5-4-6-8-11/h4-8,12,14H,9-10H2,1-3H3,(H,18,23)(H,19,20)(H,21,22)/t12?,14-/m0/s1. The van der Waals surface area contributed by atoms with Crippen LogP contribution in [-0.4, -0.2) is 34.3 Å². The number of amides is 1. The van der Waals surface area contributed by atoms with Crippen LogP contribution in [0.2, 0.25) is 0 Å². The molecule has 0 saturated carbocycles. The number of hydrogen-bond donors (Lipinski definition) is 3. The van der Waals surface area contributed by atoms with Gasteiger partial charge in [-0.2, -0.15) is 0 Å². The van der Waals surface area contributed by atoms with Crippen LogP contribution in [0.3, 0.4) is 0 Å². The van der Waals surface area contributed by atoms with Crippen molar-refractivity contribution in [2.75, 3.05) is 0 Å². The molecule has 0 aromatic heterocycles. The molecule has 132 valence electrons. The number of carboxylic acids is 2. The number of alkyl carbamates (subject to hydrolysis) is 1. The second-order valence-electron chi connectivity index (χ2n) is 6.59. The molecule has 0 spiro atoms. The predicted octanol–water partition coefficient (Wildman–Crippen LogP) is 2.50. The number of carboxylic acid groups (broad SMARTS) is 2. The molecule has 24 heavy (non-hydrogen) atoms. The molecule has 0 saturated heterocycles. The Morgan fingerprint density at radius 3 is 2.17 bits per heavy atom. The zero-order valence-electron chi connectivity index (χ0n) is 14.0. The predicted molar refractivity (Wildman–Crippen MR) is 86.4 cm³/mol. The number of carbonyl (C=O) groups excluding carboxylic acids is 1. The van der Waals surface area contributed by atoms with E-state index in [4.69, 9.17) is 9.84 Å². The van der Waals surface area contributed by atoms with E-state index in [-0.39, 0.29) is 13.0 Å². The summed E-state index contributed by atoms with van der Waals surface area (Å²) in [6, 6.07) is 7.58. The molecular weight excluding hydrogens is 314 g/mol. The van der Waals surface area contributed by atoms with Crippen molar-refractivity contribution in [2.24, 2.45) is 11.3 Å². The van der Waals surface area contributed by atoms with Gasteiger partial charge in [-0.1, -0.05) is 51.1 Å². The normalized spacial score (nSPS) is 13.6. The van der Waals surface area contributed by atoms with Crippen LogP contribution in [0, 0.1) is 11.3 Å². The number of carbonyl (C=O) groups is 3. The number of rotatable bonds is 7. The Hall–Kier alpha value is -2.57. The minimum Gasteiger partial charge on any atom is -0.481 e. The van der Waals surface area contributed by atoms with Crippen molar-refractivity contribution >= 4 is 18.0 Å². The molecule has 1 unspecified atom stereocenters. The van der Waals surface area contributed by atoms with Crippen LogP contribution in [0.4, 0.5) is 4.79 Å². The molecule has 0 bridgehead atoms. The molecule has 0 aliphatic rings. The Labute approximate surface area is 140 Å². The Kier molecular flexibility index (Phi) is 6.76. The average Bonchev–Trinajstić information content (AvgIpc) is 2.48. The molecule has 0 heterocycles. The second-order valence-corrected chi connectivity index (χ2v) is 6.59. The molecule has 1 amide bonds. The molecule has 1 aromatic carbocycles. The van der Waals surface area contributed by atoms with E-state index in [0.717, 1.165) is 5.56 Å². The first kappa shape index (κ1) is 19.5. The average molecular weight is 337 g/mol. The fourth-order valence-corrected chi connectivity index (χ4v) is 2.34. The molecule has 3 N–H and O–H groups in total. The quantitative estimate of drug-likeness (QED) is 0.704. The van der Waals surface area contributed by atoms with Gasteiger partial charge in [0.15, 0.2) is 0 Å². The zero-order chi connectivity index (χ0) is 18.3. The van der Waals surface area contributed by atoms with Gasteiger partial charge in [0.05, 0.1) is 6.42 Å². The van der Waals surface area contributed by atoms with E-state index in [9.17, 15) is 19.5 Å². The van der Waals surface area contributed by atoms with Crippen molar-refractivity contribution in [1.82, 2.24) is 5.32 Å². The van der Waals surface area contributed by atoms with Crippen LogP contribution < -0.4 is 5.32 Å². The number of ether oxygens (including phenoxy) is 1. The zero-order valence-corrected chi connectivity index (χ0v) is 14.0. The van der Waals surface area contributed by atoms with E-state index in [1.54, 1.807) is 45.0 Å². The van der Waals surface area contributed by atoms with Crippen molar-refractivity contribution in [1.29, 1.82) is 0 Å². The maximum absolute atomic E-state index is 11.9. The highest BCUT2D eigenvalue weighted by Gasteiger charge is 2.39. The van der Waals surface area contributed by atoms with Gasteiger partial charge in [0.2, 0.25) is 0 Å². The topological polar surface area (TPSA) is 113 Å². The van der Waals surface area contributed by atoms with Gasteiger partial charge in [-0.15, -0.1) is 0 Å². The summed E-state index contributed by atoms with van der Waals surface area (Å²) in [6.07, 6.45) is -1.27. The van der Waals surface area contributed by atoms with Crippen LogP contribution >= 0.6 is 0 Å². The van der Waals surface area contributed by atoms with E-state index in [2.05, 4.69) is 5.32 Å². The van der Waals surface area contributed by atoms with Gasteiger partial charge in [-0.05, 0) is 11.0 Å². The van der Waals surface area contributed by atoms with Gasteiger partial charge in [0.1, 0.15) is 12.6 Å². The minimum absolute atomic E-state index is 0.00186. The lowest BCUT2D eigenvalue weighted by Crippen LogP contribution is -2.50. The maximum atomic E-state index is 11.9. The van der Waals surface area contributed by atoms with Crippen LogP contribution in [0.15, 0.2) is 30.3 Å². The van der Waals surface area contributed by atoms with E-state index in [1.165, 1.54) is 0 Å². The fourth-order valence-electron chi connectivity index (χ4n) is 2.34. The molecular formula is C17H23NO6. The van der Waals surface area contributed by atoms with Gasteiger partial charge in [0, 0.05) is 5.92 Å². The number of hydrogen-bond acceptors (Lipinski definition) is 4. The molecule has 0 aliphatic carbocycles. The van der Waals surface area contributed by atoms with E-state index < -0.39 is 35.4 Å². The van der Waals surface area contributed by atoms with Crippen LogP contribution in [0.5, 0.6) is 0 Å². The molecule has 7 heteroatoms. The summed E-state index contributed by atoms with van der Waals surface area (Å²) in [6.45, 7) is 5.19.